The van der Waals surface area contributed by atoms with Crippen LogP contribution in [0.4, 0.5) is 11.4 Å². The van der Waals surface area contributed by atoms with E-state index < -0.39 is 0 Å². The highest BCUT2D eigenvalue weighted by Gasteiger charge is 2.25. The molecular weight excluding hydrogens is 422 g/mol. The molecule has 2 fully saturated rings. The lowest BCUT2D eigenvalue weighted by Crippen LogP contribution is -2.49. The van der Waals surface area contributed by atoms with Crippen molar-refractivity contribution in [2.75, 3.05) is 62.2 Å². The fourth-order valence-electron chi connectivity index (χ4n) is 5.22. The minimum Gasteiger partial charge on any atom is -0.369 e. The number of aromatic nitrogens is 1. The third-order valence-electron chi connectivity index (χ3n) is 7.20. The number of anilines is 2. The van der Waals surface area contributed by atoms with Crippen molar-refractivity contribution in [1.82, 2.24) is 14.4 Å². The molecule has 0 saturated carbocycles. The standard InChI is InChI=1S/C28H35N5O/c1-23-8-6-7-11-26(23)32-14-12-30(13-15-32)22-24-20-27(29(2)21-24)28(34)33-18-16-31(17-19-33)25-9-4-3-5-10-25/h3-11,20-21H,12-19,22H2,1-2H3. The summed E-state index contributed by atoms with van der Waals surface area (Å²) in [7, 11) is 1.99. The molecule has 0 N–H and O–H groups in total. The molecule has 2 saturated heterocycles. The number of benzene rings is 2. The van der Waals surface area contributed by atoms with Crippen LogP contribution in [0.25, 0.3) is 0 Å². The maximum atomic E-state index is 13.3. The van der Waals surface area contributed by atoms with Crippen molar-refractivity contribution >= 4 is 17.3 Å². The molecule has 0 radical (unpaired) electrons. The van der Waals surface area contributed by atoms with E-state index in [1.54, 1.807) is 0 Å². The number of aryl methyl sites for hydroxylation is 2. The molecule has 1 amide bonds. The molecule has 3 heterocycles. The third kappa shape index (κ3) is 4.82. The van der Waals surface area contributed by atoms with Crippen molar-refractivity contribution in [1.29, 1.82) is 0 Å². The molecule has 34 heavy (non-hydrogen) atoms. The Balaban J connectivity index is 1.16. The minimum atomic E-state index is 0.144. The van der Waals surface area contributed by atoms with Crippen LogP contribution in [0, 0.1) is 6.92 Å². The van der Waals surface area contributed by atoms with Gasteiger partial charge in [-0.25, -0.2) is 0 Å². The van der Waals surface area contributed by atoms with Crippen LogP contribution in [0.5, 0.6) is 0 Å². The van der Waals surface area contributed by atoms with Crippen LogP contribution < -0.4 is 9.80 Å². The minimum absolute atomic E-state index is 0.144. The predicted molar refractivity (Wildman–Crippen MR) is 139 cm³/mol. The summed E-state index contributed by atoms with van der Waals surface area (Å²) in [4.78, 5) is 22.6. The van der Waals surface area contributed by atoms with Gasteiger partial charge >= 0.3 is 0 Å². The summed E-state index contributed by atoms with van der Waals surface area (Å²) < 4.78 is 2.00. The molecule has 0 atom stereocenters. The number of nitrogens with zero attached hydrogens (tertiary/aromatic N) is 5. The molecule has 178 valence electrons. The Morgan fingerprint density at radius 2 is 1.44 bits per heavy atom. The molecule has 0 bridgehead atoms. The predicted octanol–water partition coefficient (Wildman–Crippen LogP) is 3.62. The number of rotatable bonds is 5. The maximum absolute atomic E-state index is 13.3. The molecule has 6 heteroatoms. The van der Waals surface area contributed by atoms with Crippen molar-refractivity contribution in [2.45, 2.75) is 13.5 Å². The first-order chi connectivity index (χ1) is 16.6. The van der Waals surface area contributed by atoms with E-state index in [9.17, 15) is 4.79 Å². The quantitative estimate of drug-likeness (QED) is 0.586. The van der Waals surface area contributed by atoms with Gasteiger partial charge in [-0.2, -0.15) is 0 Å². The van der Waals surface area contributed by atoms with Gasteiger partial charge in [0.15, 0.2) is 0 Å². The van der Waals surface area contributed by atoms with E-state index in [1.165, 1.54) is 22.5 Å². The highest BCUT2D eigenvalue weighted by molar-refractivity contribution is 5.93. The largest absolute Gasteiger partial charge is 0.369 e. The van der Waals surface area contributed by atoms with E-state index in [1.807, 2.05) is 22.6 Å². The molecule has 2 aliphatic heterocycles. The summed E-state index contributed by atoms with van der Waals surface area (Å²) >= 11 is 0. The van der Waals surface area contributed by atoms with Gasteiger partial charge in [0.05, 0.1) is 0 Å². The Kier molecular flexibility index (Phi) is 6.59. The summed E-state index contributed by atoms with van der Waals surface area (Å²) in [5.74, 6) is 0.144. The first kappa shape index (κ1) is 22.5. The van der Waals surface area contributed by atoms with Crippen molar-refractivity contribution in [3.63, 3.8) is 0 Å². The normalized spacial score (nSPS) is 17.3. The number of carbonyl (C=O) groups is 1. The summed E-state index contributed by atoms with van der Waals surface area (Å²) in [5.41, 5.74) is 5.94. The zero-order valence-corrected chi connectivity index (χ0v) is 20.4. The van der Waals surface area contributed by atoms with Crippen LogP contribution in [0.15, 0.2) is 66.9 Å². The van der Waals surface area contributed by atoms with Crippen molar-refractivity contribution in [3.8, 4) is 0 Å². The first-order valence-electron chi connectivity index (χ1n) is 12.4. The molecule has 6 nitrogen and oxygen atoms in total. The van der Waals surface area contributed by atoms with Gasteiger partial charge < -0.3 is 19.3 Å². The average Bonchev–Trinajstić information content (AvgIpc) is 3.25. The van der Waals surface area contributed by atoms with Crippen LogP contribution in [0.3, 0.4) is 0 Å². The Morgan fingerprint density at radius 3 is 2.15 bits per heavy atom. The number of piperazine rings is 2. The van der Waals surface area contributed by atoms with Crippen molar-refractivity contribution in [2.24, 2.45) is 7.05 Å². The van der Waals surface area contributed by atoms with Crippen LogP contribution in [0.2, 0.25) is 0 Å². The molecule has 0 aliphatic carbocycles. The second-order valence-corrected chi connectivity index (χ2v) is 9.51. The summed E-state index contributed by atoms with van der Waals surface area (Å²) in [6.07, 6.45) is 2.13. The molecule has 0 spiro atoms. The van der Waals surface area contributed by atoms with Crippen LogP contribution >= 0.6 is 0 Å². The van der Waals surface area contributed by atoms with Crippen molar-refractivity contribution < 1.29 is 4.79 Å². The molecule has 1 aromatic heterocycles. The monoisotopic (exact) mass is 457 g/mol. The van der Waals surface area contributed by atoms with E-state index in [4.69, 9.17) is 0 Å². The Morgan fingerprint density at radius 1 is 0.794 bits per heavy atom. The van der Waals surface area contributed by atoms with Crippen LogP contribution in [0.1, 0.15) is 21.6 Å². The second kappa shape index (κ2) is 9.94. The number of amides is 1. The van der Waals surface area contributed by atoms with Crippen LogP contribution in [-0.2, 0) is 13.6 Å². The van der Waals surface area contributed by atoms with Gasteiger partial charge in [-0.3, -0.25) is 9.69 Å². The number of hydrogen-bond acceptors (Lipinski definition) is 4. The number of hydrogen-bond donors (Lipinski definition) is 0. The highest BCUT2D eigenvalue weighted by Crippen LogP contribution is 2.22. The maximum Gasteiger partial charge on any atom is 0.270 e. The Labute approximate surface area is 203 Å². The van der Waals surface area contributed by atoms with E-state index in [0.717, 1.165) is 64.6 Å². The summed E-state index contributed by atoms with van der Waals surface area (Å²) in [5, 5.41) is 0. The Bertz CT molecular complexity index is 1110. The summed E-state index contributed by atoms with van der Waals surface area (Å²) in [6.45, 7) is 10.5. The fraction of sp³-hybridized carbons (Fsp3) is 0.393. The summed E-state index contributed by atoms with van der Waals surface area (Å²) in [6, 6.07) is 21.2. The van der Waals surface area contributed by atoms with Crippen LogP contribution in [-0.4, -0.2) is 72.6 Å². The molecule has 2 aromatic carbocycles. The first-order valence-corrected chi connectivity index (χ1v) is 12.4. The SMILES string of the molecule is Cc1ccccc1N1CCN(Cc2cc(C(=O)N3CCN(c4ccccc4)CC3)n(C)c2)CC1. The zero-order valence-electron chi connectivity index (χ0n) is 20.4. The highest BCUT2D eigenvalue weighted by atomic mass is 16.2. The Hall–Kier alpha value is -3.25. The van der Waals surface area contributed by atoms with Gasteiger partial charge in [-0.1, -0.05) is 36.4 Å². The van der Waals surface area contributed by atoms with E-state index in [2.05, 4.69) is 82.4 Å². The average molecular weight is 458 g/mol. The number of carbonyl (C=O) groups excluding carboxylic acids is 1. The topological polar surface area (TPSA) is 35.0 Å². The molecule has 3 aromatic rings. The second-order valence-electron chi connectivity index (χ2n) is 9.51. The number of para-hydroxylation sites is 2. The van der Waals surface area contributed by atoms with Gasteiger partial charge in [0, 0.05) is 83.5 Å². The lowest BCUT2D eigenvalue weighted by Gasteiger charge is -2.36. The van der Waals surface area contributed by atoms with Crippen molar-refractivity contribution in [3.05, 3.63) is 83.7 Å². The molecule has 2 aliphatic rings. The fourth-order valence-corrected chi connectivity index (χ4v) is 5.22. The van der Waals surface area contributed by atoms with E-state index in [0.29, 0.717) is 0 Å². The molecule has 0 unspecified atom stereocenters. The lowest BCUT2D eigenvalue weighted by atomic mass is 10.1. The third-order valence-corrected chi connectivity index (χ3v) is 7.20. The van der Waals surface area contributed by atoms with Gasteiger partial charge in [-0.15, -0.1) is 0 Å². The molecule has 5 rings (SSSR count). The van der Waals surface area contributed by atoms with Gasteiger partial charge in [0.2, 0.25) is 0 Å². The van der Waals surface area contributed by atoms with Gasteiger partial charge in [-0.05, 0) is 42.3 Å². The zero-order chi connectivity index (χ0) is 23.5. The van der Waals surface area contributed by atoms with E-state index >= 15 is 0 Å². The smallest absolute Gasteiger partial charge is 0.270 e. The van der Waals surface area contributed by atoms with Gasteiger partial charge in [0.25, 0.3) is 5.91 Å². The van der Waals surface area contributed by atoms with E-state index in [-0.39, 0.29) is 5.91 Å². The lowest BCUT2D eigenvalue weighted by molar-refractivity contribution is 0.0737. The molecular formula is C28H35N5O. The van der Waals surface area contributed by atoms with Gasteiger partial charge in [0.1, 0.15) is 5.69 Å².